The van der Waals surface area contributed by atoms with Crippen LogP contribution in [0.15, 0.2) is 0 Å². The van der Waals surface area contributed by atoms with Crippen LogP contribution in [0.25, 0.3) is 0 Å². The summed E-state index contributed by atoms with van der Waals surface area (Å²) in [4.78, 5) is 5.33. The molecule has 0 amide bonds. The van der Waals surface area contributed by atoms with Gasteiger partial charge in [-0.15, -0.1) is 0 Å². The number of nitrogens with zero attached hydrogens (tertiary/aromatic N) is 2. The number of rotatable bonds is 2. The van der Waals surface area contributed by atoms with Crippen molar-refractivity contribution in [2.75, 3.05) is 26.2 Å². The molecule has 2 heterocycles. The van der Waals surface area contributed by atoms with E-state index in [1.54, 1.807) is 0 Å². The third-order valence-corrected chi connectivity index (χ3v) is 4.33. The molecule has 0 aromatic heterocycles. The fourth-order valence-electron chi connectivity index (χ4n) is 3.20. The van der Waals surface area contributed by atoms with Crippen molar-refractivity contribution in [3.63, 3.8) is 0 Å². The highest BCUT2D eigenvalue weighted by Gasteiger charge is 2.34. The number of nitrogens with two attached hydrogens (primary N) is 1. The van der Waals surface area contributed by atoms with Crippen LogP contribution in [0.3, 0.4) is 0 Å². The van der Waals surface area contributed by atoms with Gasteiger partial charge in [0.15, 0.2) is 0 Å². The van der Waals surface area contributed by atoms with Crippen LogP contribution in [-0.4, -0.2) is 54.1 Å². The third-order valence-electron chi connectivity index (χ3n) is 4.33. The molecular formula is C12H23N3. The van der Waals surface area contributed by atoms with E-state index in [9.17, 15) is 0 Å². The summed E-state index contributed by atoms with van der Waals surface area (Å²) >= 11 is 0. The second-order valence-corrected chi connectivity index (χ2v) is 5.54. The molecule has 3 heteroatoms. The predicted molar refractivity (Wildman–Crippen MR) is 61.8 cm³/mol. The van der Waals surface area contributed by atoms with E-state index in [1.165, 1.54) is 51.7 Å². The molecule has 0 spiro atoms. The minimum absolute atomic E-state index is 0.450. The van der Waals surface area contributed by atoms with E-state index in [0.717, 1.165) is 18.6 Å². The van der Waals surface area contributed by atoms with Gasteiger partial charge in [-0.1, -0.05) is 0 Å². The zero-order chi connectivity index (χ0) is 10.3. The molecule has 3 aliphatic rings. The average Bonchev–Trinajstić information content (AvgIpc) is 3.02. The van der Waals surface area contributed by atoms with Crippen molar-refractivity contribution in [1.82, 2.24) is 9.80 Å². The molecule has 15 heavy (non-hydrogen) atoms. The first kappa shape index (κ1) is 10.1. The Balaban J connectivity index is 1.48. The second-order valence-electron chi connectivity index (χ2n) is 5.54. The van der Waals surface area contributed by atoms with Gasteiger partial charge in [-0.05, 0) is 45.2 Å². The molecule has 3 rings (SSSR count). The minimum Gasteiger partial charge on any atom is -0.326 e. The first-order valence-corrected chi connectivity index (χ1v) is 6.56. The van der Waals surface area contributed by atoms with Crippen LogP contribution in [0.5, 0.6) is 0 Å². The Hall–Kier alpha value is -0.120. The summed E-state index contributed by atoms with van der Waals surface area (Å²) in [5, 5.41) is 0. The molecule has 3 fully saturated rings. The van der Waals surface area contributed by atoms with Gasteiger partial charge in [0, 0.05) is 31.2 Å². The lowest BCUT2D eigenvalue weighted by molar-refractivity contribution is 0.121. The van der Waals surface area contributed by atoms with E-state index >= 15 is 0 Å². The van der Waals surface area contributed by atoms with Crippen molar-refractivity contribution in [1.29, 1.82) is 0 Å². The zero-order valence-electron chi connectivity index (χ0n) is 9.57. The van der Waals surface area contributed by atoms with Crippen molar-refractivity contribution in [3.05, 3.63) is 0 Å². The molecule has 0 unspecified atom stereocenters. The van der Waals surface area contributed by atoms with Crippen molar-refractivity contribution in [2.24, 2.45) is 5.73 Å². The van der Waals surface area contributed by atoms with Crippen molar-refractivity contribution in [3.8, 4) is 0 Å². The van der Waals surface area contributed by atoms with Gasteiger partial charge in [0.1, 0.15) is 0 Å². The molecule has 1 saturated carbocycles. The van der Waals surface area contributed by atoms with Gasteiger partial charge in [0.2, 0.25) is 0 Å². The predicted octanol–water partition coefficient (Wildman–Crippen LogP) is 0.646. The Morgan fingerprint density at radius 1 is 0.733 bits per heavy atom. The van der Waals surface area contributed by atoms with Crippen LogP contribution >= 0.6 is 0 Å². The quantitative estimate of drug-likeness (QED) is 0.724. The van der Waals surface area contributed by atoms with E-state index < -0.39 is 0 Å². The molecule has 0 radical (unpaired) electrons. The number of hydrogen-bond acceptors (Lipinski definition) is 3. The lowest BCUT2D eigenvalue weighted by Crippen LogP contribution is -2.45. The lowest BCUT2D eigenvalue weighted by atomic mass is 10.0. The molecular weight excluding hydrogens is 186 g/mol. The molecule has 0 aromatic rings. The fraction of sp³-hybridized carbons (Fsp3) is 1.00. The van der Waals surface area contributed by atoms with Gasteiger partial charge in [-0.2, -0.15) is 0 Å². The van der Waals surface area contributed by atoms with E-state index in [-0.39, 0.29) is 0 Å². The maximum atomic E-state index is 5.97. The molecule has 2 aliphatic heterocycles. The van der Waals surface area contributed by atoms with Crippen molar-refractivity contribution in [2.45, 2.75) is 50.2 Å². The Morgan fingerprint density at radius 2 is 1.33 bits per heavy atom. The smallest absolute Gasteiger partial charge is 0.0180 e. The molecule has 1 atom stereocenters. The highest BCUT2D eigenvalue weighted by atomic mass is 15.2. The summed E-state index contributed by atoms with van der Waals surface area (Å²) in [7, 11) is 0. The summed E-state index contributed by atoms with van der Waals surface area (Å²) in [6.07, 6.45) is 6.88. The highest BCUT2D eigenvalue weighted by molar-refractivity contribution is 4.91. The Kier molecular flexibility index (Phi) is 2.71. The van der Waals surface area contributed by atoms with E-state index in [2.05, 4.69) is 9.80 Å². The molecule has 1 aliphatic carbocycles. The van der Waals surface area contributed by atoms with Gasteiger partial charge >= 0.3 is 0 Å². The zero-order valence-corrected chi connectivity index (χ0v) is 9.57. The van der Waals surface area contributed by atoms with E-state index in [1.807, 2.05) is 0 Å². The van der Waals surface area contributed by atoms with E-state index in [4.69, 9.17) is 5.73 Å². The first-order valence-electron chi connectivity index (χ1n) is 6.56. The van der Waals surface area contributed by atoms with Crippen LogP contribution in [0.1, 0.15) is 32.1 Å². The Labute approximate surface area is 92.6 Å². The Morgan fingerprint density at radius 3 is 1.87 bits per heavy atom. The number of likely N-dealkylation sites (tertiary alicyclic amines) is 2. The Bertz CT molecular complexity index is 219. The normalized spacial score (nSPS) is 36.2. The van der Waals surface area contributed by atoms with Gasteiger partial charge in [0.05, 0.1) is 0 Å². The molecule has 0 bridgehead atoms. The summed E-state index contributed by atoms with van der Waals surface area (Å²) in [6.45, 7) is 5.06. The van der Waals surface area contributed by atoms with Gasteiger partial charge < -0.3 is 10.6 Å². The van der Waals surface area contributed by atoms with Gasteiger partial charge in [-0.3, -0.25) is 4.90 Å². The van der Waals surface area contributed by atoms with E-state index in [0.29, 0.717) is 6.04 Å². The summed E-state index contributed by atoms with van der Waals surface area (Å²) in [5.41, 5.74) is 5.97. The minimum atomic E-state index is 0.450. The summed E-state index contributed by atoms with van der Waals surface area (Å²) in [6, 6.07) is 2.26. The SMILES string of the molecule is N[C@H]1CCN(C2CCN(C3CC3)CC2)C1. The first-order chi connectivity index (χ1) is 7.33. The molecule has 2 N–H and O–H groups in total. The largest absolute Gasteiger partial charge is 0.326 e. The molecule has 2 saturated heterocycles. The van der Waals surface area contributed by atoms with Crippen molar-refractivity contribution < 1.29 is 0 Å². The maximum absolute atomic E-state index is 5.97. The molecule has 3 nitrogen and oxygen atoms in total. The van der Waals surface area contributed by atoms with Crippen LogP contribution in [0.4, 0.5) is 0 Å². The van der Waals surface area contributed by atoms with Crippen LogP contribution in [0.2, 0.25) is 0 Å². The molecule has 0 aromatic carbocycles. The van der Waals surface area contributed by atoms with Crippen LogP contribution in [0, 0.1) is 0 Å². The van der Waals surface area contributed by atoms with Crippen molar-refractivity contribution >= 4 is 0 Å². The number of hydrogen-bond donors (Lipinski definition) is 1. The second kappa shape index (κ2) is 4.04. The van der Waals surface area contributed by atoms with Gasteiger partial charge in [-0.25, -0.2) is 0 Å². The average molecular weight is 209 g/mol. The number of piperidine rings is 1. The van der Waals surface area contributed by atoms with Crippen LogP contribution < -0.4 is 5.73 Å². The lowest BCUT2D eigenvalue weighted by Gasteiger charge is -2.36. The summed E-state index contributed by atoms with van der Waals surface area (Å²) in [5.74, 6) is 0. The van der Waals surface area contributed by atoms with Crippen LogP contribution in [-0.2, 0) is 0 Å². The molecule has 86 valence electrons. The monoisotopic (exact) mass is 209 g/mol. The topological polar surface area (TPSA) is 32.5 Å². The third kappa shape index (κ3) is 2.19. The van der Waals surface area contributed by atoms with Gasteiger partial charge in [0.25, 0.3) is 0 Å². The maximum Gasteiger partial charge on any atom is 0.0180 e. The standard InChI is InChI=1S/C12H23N3/c13-10-3-6-15(9-10)12-4-7-14(8-5-12)11-1-2-11/h10-12H,1-9,13H2/t10-/m0/s1. The summed E-state index contributed by atoms with van der Waals surface area (Å²) < 4.78 is 0. The highest BCUT2D eigenvalue weighted by Crippen LogP contribution is 2.30. The fourth-order valence-corrected chi connectivity index (χ4v) is 3.20.